The molecule has 0 radical (unpaired) electrons. The van der Waals surface area contributed by atoms with Gasteiger partial charge in [0, 0.05) is 11.4 Å². The van der Waals surface area contributed by atoms with Gasteiger partial charge in [0.25, 0.3) is 5.91 Å². The maximum Gasteiger partial charge on any atom is 0.326 e. The van der Waals surface area contributed by atoms with Gasteiger partial charge >= 0.3 is 5.97 Å². The van der Waals surface area contributed by atoms with Gasteiger partial charge in [-0.2, -0.15) is 0 Å². The maximum absolute atomic E-state index is 13.4. The second-order valence-corrected chi connectivity index (χ2v) is 4.43. The zero-order valence-electron chi connectivity index (χ0n) is 10.2. The fourth-order valence-electron chi connectivity index (χ4n) is 1.45. The number of amides is 2. The summed E-state index contributed by atoms with van der Waals surface area (Å²) in [5.74, 6) is -3.80. The van der Waals surface area contributed by atoms with Crippen molar-refractivity contribution in [3.05, 3.63) is 34.6 Å². The normalized spacial score (nSPS) is 11.7. The van der Waals surface area contributed by atoms with E-state index >= 15 is 0 Å². The summed E-state index contributed by atoms with van der Waals surface area (Å²) in [6.07, 6.45) is -0.395. The van der Waals surface area contributed by atoms with Crippen LogP contribution in [0, 0.1) is 5.82 Å². The summed E-state index contributed by atoms with van der Waals surface area (Å²) in [5.41, 5.74) is 4.53. The van der Waals surface area contributed by atoms with Gasteiger partial charge in [-0.15, -0.1) is 0 Å². The Bertz CT molecular complexity index is 550. The number of aliphatic carboxylic acids is 1. The van der Waals surface area contributed by atoms with E-state index in [1.54, 1.807) is 0 Å². The molecule has 0 bridgehead atoms. The molecule has 2 amide bonds. The molecule has 0 spiro atoms. The summed E-state index contributed by atoms with van der Waals surface area (Å²) < 4.78 is 13.4. The highest BCUT2D eigenvalue weighted by Gasteiger charge is 2.22. The zero-order chi connectivity index (χ0) is 15.3. The minimum Gasteiger partial charge on any atom is -0.480 e. The number of hydrogen-bond acceptors (Lipinski definition) is 3. The van der Waals surface area contributed by atoms with Crippen LogP contribution in [0.2, 0.25) is 5.02 Å². The molecule has 1 aromatic carbocycles. The number of halogens is 2. The zero-order valence-corrected chi connectivity index (χ0v) is 11.0. The monoisotopic (exact) mass is 302 g/mol. The Morgan fingerprint density at radius 3 is 2.60 bits per heavy atom. The number of hydrogen-bond donors (Lipinski definition) is 3. The standard InChI is InChI=1S/C12H12ClFN2O4/c13-6-1-2-8(14)7(5-6)11(18)16-9(12(19)20)3-4-10(15)17/h1-2,5,9H,3-4H2,(H2,15,17)(H,16,18)(H,19,20)/t9-/m1/s1. The molecule has 0 fully saturated rings. The molecule has 0 unspecified atom stereocenters. The number of nitrogens with one attached hydrogen (secondary N) is 1. The molecule has 20 heavy (non-hydrogen) atoms. The van der Waals surface area contributed by atoms with Gasteiger partial charge in [-0.25, -0.2) is 9.18 Å². The summed E-state index contributed by atoms with van der Waals surface area (Å²) in [4.78, 5) is 33.4. The second kappa shape index (κ2) is 6.85. The van der Waals surface area contributed by atoms with E-state index in [2.05, 4.69) is 5.32 Å². The van der Waals surface area contributed by atoms with Crippen molar-refractivity contribution in [2.24, 2.45) is 5.73 Å². The Morgan fingerprint density at radius 1 is 1.40 bits per heavy atom. The predicted octanol–water partition coefficient (Wildman–Crippen LogP) is 0.928. The van der Waals surface area contributed by atoms with Gasteiger partial charge in [0.2, 0.25) is 5.91 Å². The first-order chi connectivity index (χ1) is 9.31. The molecule has 1 atom stereocenters. The molecular weight excluding hydrogens is 291 g/mol. The summed E-state index contributed by atoms with van der Waals surface area (Å²) in [6, 6.07) is 2.00. The lowest BCUT2D eigenvalue weighted by Crippen LogP contribution is -2.41. The highest BCUT2D eigenvalue weighted by atomic mass is 35.5. The van der Waals surface area contributed by atoms with Crippen molar-refractivity contribution in [2.45, 2.75) is 18.9 Å². The number of carboxylic acids is 1. The summed E-state index contributed by atoms with van der Waals surface area (Å²) >= 11 is 5.64. The molecule has 1 aromatic rings. The van der Waals surface area contributed by atoms with Crippen LogP contribution in [-0.2, 0) is 9.59 Å². The summed E-state index contributed by atoms with van der Waals surface area (Å²) in [6.45, 7) is 0. The van der Waals surface area contributed by atoms with Crippen molar-refractivity contribution in [1.82, 2.24) is 5.32 Å². The number of carbonyl (C=O) groups is 3. The fourth-order valence-corrected chi connectivity index (χ4v) is 1.62. The van der Waals surface area contributed by atoms with Crippen LogP contribution < -0.4 is 11.1 Å². The van der Waals surface area contributed by atoms with Gasteiger partial charge in [0.05, 0.1) is 5.56 Å². The van der Waals surface area contributed by atoms with Gasteiger partial charge in [-0.1, -0.05) is 11.6 Å². The lowest BCUT2D eigenvalue weighted by molar-refractivity contribution is -0.139. The Morgan fingerprint density at radius 2 is 2.05 bits per heavy atom. The maximum atomic E-state index is 13.4. The van der Waals surface area contributed by atoms with Gasteiger partial charge in [0.15, 0.2) is 0 Å². The van der Waals surface area contributed by atoms with Crippen LogP contribution in [0.15, 0.2) is 18.2 Å². The van der Waals surface area contributed by atoms with Crippen LogP contribution >= 0.6 is 11.6 Å². The number of rotatable bonds is 6. The third-order valence-electron chi connectivity index (χ3n) is 2.46. The fraction of sp³-hybridized carbons (Fsp3) is 0.250. The van der Waals surface area contributed by atoms with Gasteiger partial charge in [-0.3, -0.25) is 9.59 Å². The number of primary amides is 1. The van der Waals surface area contributed by atoms with Gasteiger partial charge in [0.1, 0.15) is 11.9 Å². The minimum atomic E-state index is -1.35. The molecule has 8 heteroatoms. The largest absolute Gasteiger partial charge is 0.480 e. The molecule has 0 saturated heterocycles. The lowest BCUT2D eigenvalue weighted by Gasteiger charge is -2.14. The first kappa shape index (κ1) is 15.9. The third-order valence-corrected chi connectivity index (χ3v) is 2.69. The third kappa shape index (κ3) is 4.51. The average molecular weight is 303 g/mol. The Balaban J connectivity index is 2.82. The molecule has 0 aromatic heterocycles. The number of nitrogens with two attached hydrogens (primary N) is 1. The van der Waals surface area contributed by atoms with E-state index in [1.165, 1.54) is 6.07 Å². The molecule has 0 aliphatic heterocycles. The molecule has 1 rings (SSSR count). The van der Waals surface area contributed by atoms with E-state index in [9.17, 15) is 18.8 Å². The number of carboxylic acid groups (broad SMARTS) is 1. The number of benzene rings is 1. The molecule has 4 N–H and O–H groups in total. The molecular formula is C12H12ClFN2O4. The van der Waals surface area contributed by atoms with Crippen molar-refractivity contribution in [3.63, 3.8) is 0 Å². The van der Waals surface area contributed by atoms with E-state index < -0.39 is 29.6 Å². The molecule has 0 aliphatic carbocycles. The van der Waals surface area contributed by atoms with Crippen LogP contribution in [0.25, 0.3) is 0 Å². The molecule has 0 aliphatic rings. The van der Waals surface area contributed by atoms with E-state index in [0.29, 0.717) is 0 Å². The Hall–Kier alpha value is -2.15. The van der Waals surface area contributed by atoms with Crippen LogP contribution in [-0.4, -0.2) is 28.9 Å². The first-order valence-corrected chi connectivity index (χ1v) is 5.96. The number of carbonyl (C=O) groups excluding carboxylic acids is 2. The average Bonchev–Trinajstić information content (AvgIpc) is 2.36. The molecule has 6 nitrogen and oxygen atoms in total. The van der Waals surface area contributed by atoms with Crippen LogP contribution in [0.5, 0.6) is 0 Å². The van der Waals surface area contributed by atoms with Crippen molar-refractivity contribution in [3.8, 4) is 0 Å². The topological polar surface area (TPSA) is 109 Å². The van der Waals surface area contributed by atoms with E-state index in [0.717, 1.165) is 12.1 Å². The van der Waals surface area contributed by atoms with E-state index in [1.807, 2.05) is 0 Å². The SMILES string of the molecule is NC(=O)CC[C@@H](NC(=O)c1cc(Cl)ccc1F)C(=O)O. The predicted molar refractivity (Wildman–Crippen MR) is 68.7 cm³/mol. The Labute approximate surface area is 118 Å². The minimum absolute atomic E-state index is 0.139. The van der Waals surface area contributed by atoms with Crippen LogP contribution in [0.1, 0.15) is 23.2 Å². The van der Waals surface area contributed by atoms with Crippen LogP contribution in [0.3, 0.4) is 0 Å². The summed E-state index contributed by atoms with van der Waals surface area (Å²) in [5, 5.41) is 11.2. The highest BCUT2D eigenvalue weighted by molar-refractivity contribution is 6.31. The van der Waals surface area contributed by atoms with Gasteiger partial charge < -0.3 is 16.2 Å². The van der Waals surface area contributed by atoms with E-state index in [-0.39, 0.29) is 23.4 Å². The van der Waals surface area contributed by atoms with Crippen molar-refractivity contribution < 1.29 is 23.9 Å². The van der Waals surface area contributed by atoms with Crippen molar-refractivity contribution >= 4 is 29.4 Å². The van der Waals surface area contributed by atoms with Crippen molar-refractivity contribution in [1.29, 1.82) is 0 Å². The van der Waals surface area contributed by atoms with Crippen molar-refractivity contribution in [2.75, 3.05) is 0 Å². The lowest BCUT2D eigenvalue weighted by atomic mass is 10.1. The molecule has 0 heterocycles. The second-order valence-electron chi connectivity index (χ2n) is 3.99. The summed E-state index contributed by atoms with van der Waals surface area (Å²) in [7, 11) is 0. The highest BCUT2D eigenvalue weighted by Crippen LogP contribution is 2.15. The molecule has 0 saturated carbocycles. The Kier molecular flexibility index (Phi) is 5.45. The quantitative estimate of drug-likeness (QED) is 0.726. The van der Waals surface area contributed by atoms with Crippen LogP contribution in [0.4, 0.5) is 4.39 Å². The van der Waals surface area contributed by atoms with E-state index in [4.69, 9.17) is 22.4 Å². The first-order valence-electron chi connectivity index (χ1n) is 5.58. The smallest absolute Gasteiger partial charge is 0.326 e. The van der Waals surface area contributed by atoms with Gasteiger partial charge in [-0.05, 0) is 24.6 Å². The molecule has 108 valence electrons.